The van der Waals surface area contributed by atoms with Crippen LogP contribution in [0.5, 0.6) is 11.5 Å². The van der Waals surface area contributed by atoms with Crippen molar-refractivity contribution in [3.63, 3.8) is 0 Å². The fourth-order valence-electron chi connectivity index (χ4n) is 3.79. The molecule has 1 heterocycles. The maximum Gasteiger partial charge on any atom is 0.305 e. The van der Waals surface area contributed by atoms with Crippen LogP contribution in [-0.2, 0) is 9.59 Å². The van der Waals surface area contributed by atoms with E-state index in [9.17, 15) is 20.0 Å². The largest absolute Gasteiger partial charge is 0.497 e. The van der Waals surface area contributed by atoms with Gasteiger partial charge in [-0.3, -0.25) is 9.59 Å². The molecular formula is C24H26N2O5S. The van der Waals surface area contributed by atoms with Gasteiger partial charge in [-0.15, -0.1) is 11.8 Å². The summed E-state index contributed by atoms with van der Waals surface area (Å²) in [6.07, 6.45) is -0.299. The van der Waals surface area contributed by atoms with Crippen molar-refractivity contribution in [2.24, 2.45) is 5.92 Å². The van der Waals surface area contributed by atoms with Gasteiger partial charge in [0.05, 0.1) is 42.8 Å². The molecular weight excluding hydrogens is 428 g/mol. The molecule has 2 aromatic rings. The van der Waals surface area contributed by atoms with E-state index in [1.807, 2.05) is 19.9 Å². The number of carbonyl (C=O) groups excluding carboxylic acids is 1. The standard InChI is InChI=1S/C24H26N2O5S/c1-14(2)13-26-19-8-5-15(12-25)9-18(19)23(32-21(24(26)29)11-22(27)28)17-7-6-16(30-3)10-20(17)31-4/h5-10,14,21,23H,11,13H2,1-4H3,(H,27,28)/t21-,23-/m1/s1. The maximum absolute atomic E-state index is 13.5. The third-order valence-corrected chi connectivity index (χ3v) is 6.68. The smallest absolute Gasteiger partial charge is 0.305 e. The molecule has 0 saturated carbocycles. The Morgan fingerprint density at radius 2 is 1.94 bits per heavy atom. The van der Waals surface area contributed by atoms with E-state index in [-0.39, 0.29) is 18.2 Å². The highest BCUT2D eigenvalue weighted by Gasteiger charge is 2.38. The van der Waals surface area contributed by atoms with E-state index < -0.39 is 16.5 Å². The second kappa shape index (κ2) is 9.96. The number of methoxy groups -OCH3 is 2. The molecule has 0 aliphatic carbocycles. The Kier molecular flexibility index (Phi) is 7.31. The van der Waals surface area contributed by atoms with Gasteiger partial charge >= 0.3 is 5.97 Å². The van der Waals surface area contributed by atoms with Gasteiger partial charge in [-0.05, 0) is 35.7 Å². The minimum Gasteiger partial charge on any atom is -0.497 e. The number of carboxylic acid groups (broad SMARTS) is 1. The molecule has 1 amide bonds. The number of benzene rings is 2. The van der Waals surface area contributed by atoms with Gasteiger partial charge in [0.25, 0.3) is 0 Å². The summed E-state index contributed by atoms with van der Waals surface area (Å²) in [5, 5.41) is 17.8. The van der Waals surface area contributed by atoms with Crippen LogP contribution in [0, 0.1) is 17.2 Å². The topological polar surface area (TPSA) is 99.9 Å². The predicted molar refractivity (Wildman–Crippen MR) is 123 cm³/mol. The lowest BCUT2D eigenvalue weighted by Crippen LogP contribution is -2.40. The molecule has 0 unspecified atom stereocenters. The van der Waals surface area contributed by atoms with Gasteiger partial charge in [0.1, 0.15) is 11.5 Å². The number of hydrogen-bond donors (Lipinski definition) is 1. The van der Waals surface area contributed by atoms with E-state index in [0.717, 1.165) is 11.1 Å². The highest BCUT2D eigenvalue weighted by molar-refractivity contribution is 8.01. The number of carboxylic acids is 1. The van der Waals surface area contributed by atoms with Gasteiger partial charge in [0.2, 0.25) is 5.91 Å². The van der Waals surface area contributed by atoms with Crippen LogP contribution in [0.2, 0.25) is 0 Å². The fraction of sp³-hybridized carbons (Fsp3) is 0.375. The number of rotatable bonds is 7. The Hall–Kier alpha value is -3.18. The van der Waals surface area contributed by atoms with E-state index in [1.165, 1.54) is 11.8 Å². The molecule has 2 aromatic carbocycles. The normalized spacial score (nSPS) is 18.0. The van der Waals surface area contributed by atoms with Crippen LogP contribution < -0.4 is 14.4 Å². The molecule has 32 heavy (non-hydrogen) atoms. The molecule has 0 fully saturated rings. The monoisotopic (exact) mass is 454 g/mol. The van der Waals surface area contributed by atoms with Crippen molar-refractivity contribution in [2.75, 3.05) is 25.7 Å². The van der Waals surface area contributed by atoms with Gasteiger partial charge in [-0.25, -0.2) is 0 Å². The van der Waals surface area contributed by atoms with Crippen LogP contribution in [0.25, 0.3) is 0 Å². The molecule has 0 radical (unpaired) electrons. The number of carbonyl (C=O) groups is 2. The summed E-state index contributed by atoms with van der Waals surface area (Å²) in [4.78, 5) is 26.8. The van der Waals surface area contributed by atoms with Crippen LogP contribution >= 0.6 is 11.8 Å². The lowest BCUT2D eigenvalue weighted by atomic mass is 9.98. The van der Waals surface area contributed by atoms with Crippen LogP contribution in [0.1, 0.15) is 42.2 Å². The summed E-state index contributed by atoms with van der Waals surface area (Å²) in [6, 6.07) is 12.8. The van der Waals surface area contributed by atoms with Crippen molar-refractivity contribution < 1.29 is 24.2 Å². The minimum atomic E-state index is -1.04. The van der Waals surface area contributed by atoms with Gasteiger partial charge in [-0.1, -0.05) is 19.9 Å². The zero-order chi connectivity index (χ0) is 23.4. The Morgan fingerprint density at radius 3 is 2.53 bits per heavy atom. The second-order valence-electron chi connectivity index (χ2n) is 7.94. The van der Waals surface area contributed by atoms with E-state index in [4.69, 9.17) is 9.47 Å². The zero-order valence-corrected chi connectivity index (χ0v) is 19.3. The number of ether oxygens (including phenoxy) is 2. The van der Waals surface area contributed by atoms with Crippen molar-refractivity contribution in [2.45, 2.75) is 30.8 Å². The molecule has 1 N–H and O–H groups in total. The van der Waals surface area contributed by atoms with E-state index in [1.54, 1.807) is 49.5 Å². The van der Waals surface area contributed by atoms with Crippen LogP contribution in [0.4, 0.5) is 5.69 Å². The summed E-state index contributed by atoms with van der Waals surface area (Å²) in [5.74, 6) is 0.0744. The molecule has 168 valence electrons. The van der Waals surface area contributed by atoms with Gasteiger partial charge in [-0.2, -0.15) is 5.26 Å². The van der Waals surface area contributed by atoms with Crippen molar-refractivity contribution in [3.05, 3.63) is 53.1 Å². The zero-order valence-electron chi connectivity index (χ0n) is 18.5. The number of thioether (sulfide) groups is 1. The number of fused-ring (bicyclic) bond motifs is 1. The van der Waals surface area contributed by atoms with Crippen molar-refractivity contribution in [1.82, 2.24) is 0 Å². The van der Waals surface area contributed by atoms with E-state index >= 15 is 0 Å². The summed E-state index contributed by atoms with van der Waals surface area (Å²) >= 11 is 1.28. The quantitative estimate of drug-likeness (QED) is 0.668. The lowest BCUT2D eigenvalue weighted by molar-refractivity contribution is -0.138. The Bertz CT molecular complexity index is 1060. The molecule has 8 heteroatoms. The number of anilines is 1. The van der Waals surface area contributed by atoms with Crippen LogP contribution in [-0.4, -0.2) is 43.0 Å². The van der Waals surface area contributed by atoms with Crippen LogP contribution in [0.15, 0.2) is 36.4 Å². The number of nitrogens with zero attached hydrogens (tertiary/aromatic N) is 2. The van der Waals surface area contributed by atoms with E-state index in [2.05, 4.69) is 6.07 Å². The highest BCUT2D eigenvalue weighted by Crippen LogP contribution is 2.49. The second-order valence-corrected chi connectivity index (χ2v) is 9.25. The average Bonchev–Trinajstić information content (AvgIpc) is 2.88. The molecule has 0 spiro atoms. The summed E-state index contributed by atoms with van der Waals surface area (Å²) in [5.41, 5.74) is 2.71. The van der Waals surface area contributed by atoms with Crippen molar-refractivity contribution >= 4 is 29.3 Å². The SMILES string of the molecule is COc1ccc([C@H]2S[C@H](CC(=O)O)C(=O)N(CC(C)C)c3ccc(C#N)cc32)c(OC)c1. The first-order valence-corrected chi connectivity index (χ1v) is 11.2. The number of nitriles is 1. The Balaban J connectivity index is 2.26. The maximum atomic E-state index is 13.5. The third kappa shape index (κ3) is 4.83. The number of aliphatic carboxylic acids is 1. The Labute approximate surface area is 191 Å². The number of amides is 1. The van der Waals surface area contributed by atoms with Crippen molar-refractivity contribution in [3.8, 4) is 17.6 Å². The molecule has 0 aromatic heterocycles. The number of hydrogen-bond acceptors (Lipinski definition) is 6. The molecule has 0 bridgehead atoms. The third-order valence-electron chi connectivity index (χ3n) is 5.20. The average molecular weight is 455 g/mol. The lowest BCUT2D eigenvalue weighted by Gasteiger charge is -2.27. The van der Waals surface area contributed by atoms with Crippen LogP contribution in [0.3, 0.4) is 0 Å². The van der Waals surface area contributed by atoms with Gasteiger partial charge in [0.15, 0.2) is 0 Å². The summed E-state index contributed by atoms with van der Waals surface area (Å²) in [7, 11) is 3.12. The van der Waals surface area contributed by atoms with Gasteiger partial charge in [0, 0.05) is 23.9 Å². The first-order chi connectivity index (χ1) is 15.3. The molecule has 1 aliphatic rings. The highest BCUT2D eigenvalue weighted by atomic mass is 32.2. The molecule has 7 nitrogen and oxygen atoms in total. The molecule has 1 aliphatic heterocycles. The first kappa shape index (κ1) is 23.5. The van der Waals surface area contributed by atoms with Crippen molar-refractivity contribution in [1.29, 1.82) is 5.26 Å². The fourth-order valence-corrected chi connectivity index (χ4v) is 5.28. The molecule has 2 atom stereocenters. The predicted octanol–water partition coefficient (Wildman–Crippen LogP) is 4.24. The van der Waals surface area contributed by atoms with E-state index in [0.29, 0.717) is 29.3 Å². The summed E-state index contributed by atoms with van der Waals surface area (Å²) in [6.45, 7) is 4.45. The minimum absolute atomic E-state index is 0.171. The molecule has 3 rings (SSSR count). The first-order valence-electron chi connectivity index (χ1n) is 10.2. The summed E-state index contributed by atoms with van der Waals surface area (Å²) < 4.78 is 10.9. The Morgan fingerprint density at radius 1 is 1.19 bits per heavy atom. The van der Waals surface area contributed by atoms with Gasteiger partial charge < -0.3 is 19.5 Å². The molecule has 0 saturated heterocycles.